The van der Waals surface area contributed by atoms with E-state index >= 15 is 0 Å². The van der Waals surface area contributed by atoms with E-state index in [4.69, 9.17) is 14.2 Å². The largest absolute Gasteiger partial charge is 0.462 e. The summed E-state index contributed by atoms with van der Waals surface area (Å²) < 4.78 is 16.7. The first-order valence-corrected chi connectivity index (χ1v) is 27.8. The molecule has 392 valence electrons. The Morgan fingerprint density at radius 3 is 0.957 bits per heavy atom. The maximum Gasteiger partial charge on any atom is 0.306 e. The number of hydrogen-bond acceptors (Lipinski definition) is 6. The molecule has 1 atom stereocenters. The van der Waals surface area contributed by atoms with Crippen LogP contribution >= 0.6 is 0 Å². The molecular weight excluding hydrogens is 865 g/mol. The van der Waals surface area contributed by atoms with E-state index in [0.29, 0.717) is 12.8 Å². The fourth-order valence-corrected chi connectivity index (χ4v) is 6.94. The van der Waals surface area contributed by atoms with Crippen molar-refractivity contribution in [3.05, 3.63) is 146 Å². The first kappa shape index (κ1) is 65.3. The van der Waals surface area contributed by atoms with Crippen LogP contribution in [0.5, 0.6) is 0 Å². The van der Waals surface area contributed by atoms with Gasteiger partial charge in [0.15, 0.2) is 6.10 Å². The zero-order chi connectivity index (χ0) is 50.7. The van der Waals surface area contributed by atoms with Crippen molar-refractivity contribution in [3.8, 4) is 0 Å². The average Bonchev–Trinajstić information content (AvgIpc) is 3.36. The summed E-state index contributed by atoms with van der Waals surface area (Å²) in [4.78, 5) is 38.0. The van der Waals surface area contributed by atoms with Gasteiger partial charge in [-0.15, -0.1) is 0 Å². The molecule has 0 radical (unpaired) electrons. The van der Waals surface area contributed by atoms with Gasteiger partial charge in [-0.25, -0.2) is 0 Å². The Morgan fingerprint density at radius 1 is 0.300 bits per heavy atom. The summed E-state index contributed by atoms with van der Waals surface area (Å²) in [6.07, 6.45) is 81.3. The van der Waals surface area contributed by atoms with Gasteiger partial charge in [0.05, 0.1) is 0 Å². The first-order valence-electron chi connectivity index (χ1n) is 27.8. The summed E-state index contributed by atoms with van der Waals surface area (Å²) in [6, 6.07) is 0. The lowest BCUT2D eigenvalue weighted by Crippen LogP contribution is -2.30. The number of rotatable bonds is 48. The topological polar surface area (TPSA) is 78.9 Å². The molecule has 70 heavy (non-hydrogen) atoms. The van der Waals surface area contributed by atoms with Crippen LogP contribution in [0.4, 0.5) is 0 Å². The Balaban J connectivity index is 4.45. The number of ether oxygens (including phenoxy) is 3. The van der Waals surface area contributed by atoms with Crippen LogP contribution in [0.1, 0.15) is 220 Å². The second kappa shape index (κ2) is 56.9. The minimum Gasteiger partial charge on any atom is -0.462 e. The van der Waals surface area contributed by atoms with Gasteiger partial charge in [-0.2, -0.15) is 0 Å². The van der Waals surface area contributed by atoms with Gasteiger partial charge in [0.25, 0.3) is 0 Å². The van der Waals surface area contributed by atoms with Crippen molar-refractivity contribution in [2.75, 3.05) is 13.2 Å². The predicted molar refractivity (Wildman–Crippen MR) is 302 cm³/mol. The van der Waals surface area contributed by atoms with Crippen LogP contribution in [0.15, 0.2) is 146 Å². The van der Waals surface area contributed by atoms with Crippen molar-refractivity contribution in [2.45, 2.75) is 226 Å². The van der Waals surface area contributed by atoms with Crippen LogP contribution in [-0.2, 0) is 28.6 Å². The summed E-state index contributed by atoms with van der Waals surface area (Å²) >= 11 is 0. The zero-order valence-corrected chi connectivity index (χ0v) is 44.7. The maximum atomic E-state index is 12.8. The van der Waals surface area contributed by atoms with E-state index in [1.807, 2.05) is 12.2 Å². The monoisotopic (exact) mass is 965 g/mol. The number of carbonyl (C=O) groups is 3. The highest BCUT2D eigenvalue weighted by Crippen LogP contribution is 2.13. The van der Waals surface area contributed by atoms with Crippen molar-refractivity contribution in [3.63, 3.8) is 0 Å². The fourth-order valence-electron chi connectivity index (χ4n) is 6.94. The summed E-state index contributed by atoms with van der Waals surface area (Å²) in [7, 11) is 0. The van der Waals surface area contributed by atoms with E-state index in [0.717, 1.165) is 141 Å². The van der Waals surface area contributed by atoms with Crippen molar-refractivity contribution in [1.29, 1.82) is 0 Å². The number of carbonyl (C=O) groups excluding carboxylic acids is 3. The molecule has 0 amide bonds. The van der Waals surface area contributed by atoms with Gasteiger partial charge in [-0.3, -0.25) is 14.4 Å². The van der Waals surface area contributed by atoms with E-state index in [2.05, 4.69) is 154 Å². The lowest BCUT2D eigenvalue weighted by atomic mass is 10.1. The summed E-state index contributed by atoms with van der Waals surface area (Å²) in [6.45, 7) is 6.26. The molecule has 0 aromatic rings. The SMILES string of the molecule is CC/C=C\C/C=C\C/C=C\C/C=C\C/C=C\C/C=C\CCCCCCCCC(=O)OCC(COC(=O)CC/C=C\C/C=C\C/C=C\C/C=C\CC)OC(=O)CCCCCCC/C=C\C/C=C\CCCC. The van der Waals surface area contributed by atoms with Gasteiger partial charge < -0.3 is 14.2 Å². The lowest BCUT2D eigenvalue weighted by Gasteiger charge is -2.18. The minimum atomic E-state index is -0.827. The molecule has 0 fully saturated rings. The summed E-state index contributed by atoms with van der Waals surface area (Å²) in [5.41, 5.74) is 0. The highest BCUT2D eigenvalue weighted by molar-refractivity contribution is 5.71. The van der Waals surface area contributed by atoms with Gasteiger partial charge >= 0.3 is 17.9 Å². The summed E-state index contributed by atoms with van der Waals surface area (Å²) in [5.74, 6) is -1.04. The highest BCUT2D eigenvalue weighted by Gasteiger charge is 2.19. The van der Waals surface area contributed by atoms with Crippen LogP contribution < -0.4 is 0 Å². The molecule has 0 aliphatic rings. The van der Waals surface area contributed by atoms with E-state index in [9.17, 15) is 14.4 Å². The third-order valence-corrected chi connectivity index (χ3v) is 11.1. The van der Waals surface area contributed by atoms with Crippen LogP contribution in [0.2, 0.25) is 0 Å². The molecule has 0 heterocycles. The van der Waals surface area contributed by atoms with E-state index in [1.54, 1.807) is 0 Å². The van der Waals surface area contributed by atoms with Crippen LogP contribution in [0.25, 0.3) is 0 Å². The van der Waals surface area contributed by atoms with Crippen LogP contribution in [-0.4, -0.2) is 37.2 Å². The first-order chi connectivity index (χ1) is 34.5. The van der Waals surface area contributed by atoms with Crippen molar-refractivity contribution < 1.29 is 28.6 Å². The Labute approximate surface area is 429 Å². The smallest absolute Gasteiger partial charge is 0.306 e. The molecule has 0 bridgehead atoms. The van der Waals surface area contributed by atoms with Gasteiger partial charge in [0.1, 0.15) is 13.2 Å². The lowest BCUT2D eigenvalue weighted by molar-refractivity contribution is -0.166. The van der Waals surface area contributed by atoms with Crippen LogP contribution in [0.3, 0.4) is 0 Å². The number of allylic oxidation sites excluding steroid dienone is 24. The van der Waals surface area contributed by atoms with Gasteiger partial charge in [-0.05, 0) is 122 Å². The van der Waals surface area contributed by atoms with E-state index in [-0.39, 0.29) is 44.0 Å². The summed E-state index contributed by atoms with van der Waals surface area (Å²) in [5, 5.41) is 0. The molecule has 0 aliphatic carbocycles. The van der Waals surface area contributed by atoms with Gasteiger partial charge in [0, 0.05) is 19.3 Å². The minimum absolute atomic E-state index is 0.120. The number of unbranched alkanes of at least 4 members (excludes halogenated alkanes) is 13. The standard InChI is InChI=1S/C64H100O6/c1-4-7-10-13-16-19-22-25-27-28-29-30-31-32-33-34-35-36-37-40-42-45-48-51-54-57-63(66)69-60-61(59-68-62(65)56-53-50-47-44-41-38-24-21-18-15-12-9-6-3)70-64(67)58-55-52-49-46-43-39-26-23-20-17-14-11-8-5-2/h7,9-10,12,14,16-19,21,23,25-27,29-30,32-33,35-36,38,41,47,50,61H,4-6,8,11,13,15,20,22,24,28,31,34,37,39-40,42-46,48-49,51-60H2,1-3H3/b10-7-,12-9-,17-14-,19-16-,21-18-,26-23-,27-25-,30-29-,33-32-,36-35-,41-38-,50-47-. The molecule has 6 nitrogen and oxygen atoms in total. The van der Waals surface area contributed by atoms with Crippen molar-refractivity contribution >= 4 is 17.9 Å². The second-order valence-electron chi connectivity index (χ2n) is 17.7. The number of esters is 3. The molecule has 6 heteroatoms. The highest BCUT2D eigenvalue weighted by atomic mass is 16.6. The normalized spacial score (nSPS) is 13.2. The predicted octanol–water partition coefficient (Wildman–Crippen LogP) is 18.8. The average molecular weight is 965 g/mol. The zero-order valence-electron chi connectivity index (χ0n) is 44.7. The Hall–Kier alpha value is -4.71. The fraction of sp³-hybridized carbons (Fsp3) is 0.578. The molecule has 0 rings (SSSR count). The maximum absolute atomic E-state index is 12.8. The molecule has 0 aromatic heterocycles. The Kier molecular flexibility index (Phi) is 53.0. The third kappa shape index (κ3) is 54.2. The molecule has 0 aliphatic heterocycles. The van der Waals surface area contributed by atoms with E-state index in [1.165, 1.54) is 32.1 Å². The third-order valence-electron chi connectivity index (χ3n) is 11.1. The molecule has 1 unspecified atom stereocenters. The van der Waals surface area contributed by atoms with Crippen molar-refractivity contribution in [1.82, 2.24) is 0 Å². The molecule has 0 spiro atoms. The quantitative estimate of drug-likeness (QED) is 0.0262. The van der Waals surface area contributed by atoms with Gasteiger partial charge in [0.2, 0.25) is 0 Å². The Morgan fingerprint density at radius 2 is 0.586 bits per heavy atom. The van der Waals surface area contributed by atoms with Gasteiger partial charge in [-0.1, -0.05) is 224 Å². The van der Waals surface area contributed by atoms with Crippen molar-refractivity contribution in [2.24, 2.45) is 0 Å². The van der Waals surface area contributed by atoms with Crippen LogP contribution in [0, 0.1) is 0 Å². The molecule has 0 saturated carbocycles. The molecule has 0 aromatic carbocycles. The van der Waals surface area contributed by atoms with E-state index < -0.39 is 6.10 Å². The number of hydrogen-bond donors (Lipinski definition) is 0. The molecular formula is C64H100O6. The molecule has 0 saturated heterocycles. The molecule has 0 N–H and O–H groups in total. The second-order valence-corrected chi connectivity index (χ2v) is 17.7. The Bertz CT molecular complexity index is 1580.